The van der Waals surface area contributed by atoms with Crippen LogP contribution in [0.2, 0.25) is 0 Å². The first-order chi connectivity index (χ1) is 7.52. The maximum absolute atomic E-state index is 11.0. The molecule has 88 valence electrons. The Morgan fingerprint density at radius 1 is 1.38 bits per heavy atom. The molecule has 0 aliphatic heterocycles. The van der Waals surface area contributed by atoms with E-state index in [0.29, 0.717) is 6.42 Å². The molecule has 1 amide bonds. The van der Waals surface area contributed by atoms with Crippen molar-refractivity contribution in [2.45, 2.75) is 24.6 Å². The van der Waals surface area contributed by atoms with Gasteiger partial charge in [-0.1, -0.05) is 30.3 Å². The van der Waals surface area contributed by atoms with Crippen LogP contribution < -0.4 is 11.5 Å². The average Bonchev–Trinajstić information content (AvgIpc) is 2.26. The zero-order valence-corrected chi connectivity index (χ0v) is 10.3. The minimum absolute atomic E-state index is 0.437. The fourth-order valence-corrected chi connectivity index (χ4v) is 2.31. The molecule has 0 saturated heterocycles. The van der Waals surface area contributed by atoms with Gasteiger partial charge in [-0.05, 0) is 24.7 Å². The number of thioether (sulfide) groups is 1. The van der Waals surface area contributed by atoms with Gasteiger partial charge >= 0.3 is 0 Å². The summed E-state index contributed by atoms with van der Waals surface area (Å²) in [4.78, 5) is 11.0. The van der Waals surface area contributed by atoms with Crippen molar-refractivity contribution in [1.29, 1.82) is 0 Å². The van der Waals surface area contributed by atoms with Crippen molar-refractivity contribution in [2.24, 2.45) is 11.5 Å². The van der Waals surface area contributed by atoms with E-state index >= 15 is 0 Å². The van der Waals surface area contributed by atoms with Crippen LogP contribution in [0.15, 0.2) is 30.3 Å². The molecule has 0 fully saturated rings. The second kappa shape index (κ2) is 5.92. The number of carbonyl (C=O) groups is 1. The summed E-state index contributed by atoms with van der Waals surface area (Å²) in [5, 5.41) is 0. The van der Waals surface area contributed by atoms with E-state index in [-0.39, 0.29) is 0 Å². The zero-order chi connectivity index (χ0) is 12.0. The lowest BCUT2D eigenvalue weighted by molar-refractivity contribution is -0.122. The van der Waals surface area contributed by atoms with Crippen molar-refractivity contribution in [3.05, 3.63) is 35.9 Å². The second-order valence-electron chi connectivity index (χ2n) is 4.07. The van der Waals surface area contributed by atoms with Gasteiger partial charge in [0.05, 0.1) is 5.54 Å². The third-order valence-corrected chi connectivity index (χ3v) is 3.47. The highest BCUT2D eigenvalue weighted by Gasteiger charge is 2.24. The summed E-state index contributed by atoms with van der Waals surface area (Å²) in [6.07, 6.45) is 0.611. The van der Waals surface area contributed by atoms with Crippen molar-refractivity contribution in [1.82, 2.24) is 0 Å². The molecule has 4 heteroatoms. The highest BCUT2D eigenvalue weighted by Crippen LogP contribution is 2.16. The molecular formula is C12H18N2OS. The van der Waals surface area contributed by atoms with E-state index in [0.717, 1.165) is 11.5 Å². The standard InChI is InChI=1S/C12H18N2OS/c1-12(14,11(13)15)7-8-16-9-10-5-3-2-4-6-10/h2-6H,7-9,14H2,1H3,(H2,13,15). The quantitative estimate of drug-likeness (QED) is 0.738. The maximum Gasteiger partial charge on any atom is 0.237 e. The summed E-state index contributed by atoms with van der Waals surface area (Å²) in [5.74, 6) is 1.34. The number of primary amides is 1. The van der Waals surface area contributed by atoms with E-state index < -0.39 is 11.4 Å². The third-order valence-electron chi connectivity index (χ3n) is 2.44. The van der Waals surface area contributed by atoms with E-state index in [9.17, 15) is 4.79 Å². The van der Waals surface area contributed by atoms with Gasteiger partial charge in [-0.15, -0.1) is 0 Å². The van der Waals surface area contributed by atoms with Crippen molar-refractivity contribution in [3.8, 4) is 0 Å². The van der Waals surface area contributed by atoms with E-state index in [4.69, 9.17) is 11.5 Å². The first-order valence-corrected chi connectivity index (χ1v) is 6.38. The molecule has 0 heterocycles. The molecule has 0 aliphatic rings. The number of rotatable bonds is 6. The zero-order valence-electron chi connectivity index (χ0n) is 9.48. The number of amides is 1. The summed E-state index contributed by atoms with van der Waals surface area (Å²) < 4.78 is 0. The van der Waals surface area contributed by atoms with Crippen LogP contribution in [0.3, 0.4) is 0 Å². The number of benzene rings is 1. The fourth-order valence-electron chi connectivity index (χ4n) is 1.17. The van der Waals surface area contributed by atoms with E-state index in [1.165, 1.54) is 5.56 Å². The van der Waals surface area contributed by atoms with Crippen LogP contribution in [0.5, 0.6) is 0 Å². The molecule has 0 aromatic heterocycles. The predicted octanol–water partition coefficient (Wildman–Crippen LogP) is 1.51. The molecule has 1 aromatic carbocycles. The number of nitrogens with two attached hydrogens (primary N) is 2. The number of hydrogen-bond acceptors (Lipinski definition) is 3. The van der Waals surface area contributed by atoms with Crippen LogP contribution in [0.4, 0.5) is 0 Å². The van der Waals surface area contributed by atoms with Crippen LogP contribution in [0, 0.1) is 0 Å². The van der Waals surface area contributed by atoms with E-state index in [1.54, 1.807) is 18.7 Å². The van der Waals surface area contributed by atoms with Gasteiger partial charge in [0.2, 0.25) is 5.91 Å². The molecule has 16 heavy (non-hydrogen) atoms. The summed E-state index contributed by atoms with van der Waals surface area (Å²) in [7, 11) is 0. The van der Waals surface area contributed by atoms with Gasteiger partial charge in [0.1, 0.15) is 0 Å². The molecule has 3 nitrogen and oxygen atoms in total. The van der Waals surface area contributed by atoms with Crippen LogP contribution in [-0.2, 0) is 10.5 Å². The minimum atomic E-state index is -0.885. The van der Waals surface area contributed by atoms with Crippen LogP contribution >= 0.6 is 11.8 Å². The van der Waals surface area contributed by atoms with Gasteiger partial charge in [0.15, 0.2) is 0 Å². The van der Waals surface area contributed by atoms with Gasteiger partial charge in [-0.25, -0.2) is 0 Å². The molecule has 1 aromatic rings. The molecule has 0 aliphatic carbocycles. The highest BCUT2D eigenvalue weighted by atomic mass is 32.2. The van der Waals surface area contributed by atoms with E-state index in [1.807, 2.05) is 18.2 Å². The third kappa shape index (κ3) is 4.24. The maximum atomic E-state index is 11.0. The molecule has 1 rings (SSSR count). The molecule has 0 spiro atoms. The first kappa shape index (κ1) is 13.1. The van der Waals surface area contributed by atoms with Crippen molar-refractivity contribution < 1.29 is 4.79 Å². The van der Waals surface area contributed by atoms with E-state index in [2.05, 4.69) is 12.1 Å². The lowest BCUT2D eigenvalue weighted by atomic mass is 10.0. The smallest absolute Gasteiger partial charge is 0.237 e. The van der Waals surface area contributed by atoms with Crippen molar-refractivity contribution in [2.75, 3.05) is 5.75 Å². The molecule has 0 bridgehead atoms. The van der Waals surface area contributed by atoms with Crippen LogP contribution in [0.25, 0.3) is 0 Å². The van der Waals surface area contributed by atoms with Crippen LogP contribution in [0.1, 0.15) is 18.9 Å². The first-order valence-electron chi connectivity index (χ1n) is 5.23. The predicted molar refractivity (Wildman–Crippen MR) is 69.0 cm³/mol. The van der Waals surface area contributed by atoms with Crippen molar-refractivity contribution >= 4 is 17.7 Å². The normalized spacial score (nSPS) is 14.4. The Morgan fingerprint density at radius 3 is 2.56 bits per heavy atom. The Bertz CT molecular complexity index is 338. The molecule has 0 radical (unpaired) electrons. The number of hydrogen-bond donors (Lipinski definition) is 2. The van der Waals surface area contributed by atoms with Gasteiger partial charge < -0.3 is 11.5 Å². The van der Waals surface area contributed by atoms with Gasteiger partial charge in [0.25, 0.3) is 0 Å². The average molecular weight is 238 g/mol. The monoisotopic (exact) mass is 238 g/mol. The summed E-state index contributed by atoms with van der Waals surface area (Å²) in [6, 6.07) is 10.2. The molecule has 4 N–H and O–H groups in total. The Hall–Kier alpha value is -1.00. The topological polar surface area (TPSA) is 69.1 Å². The molecule has 0 saturated carbocycles. The Morgan fingerprint density at radius 2 is 2.00 bits per heavy atom. The number of carbonyl (C=O) groups excluding carboxylic acids is 1. The lowest BCUT2D eigenvalue weighted by Crippen LogP contribution is -2.49. The Labute approximate surface area is 101 Å². The SMILES string of the molecule is CC(N)(CCSCc1ccccc1)C(N)=O. The highest BCUT2D eigenvalue weighted by molar-refractivity contribution is 7.98. The van der Waals surface area contributed by atoms with Crippen LogP contribution in [-0.4, -0.2) is 17.2 Å². The lowest BCUT2D eigenvalue weighted by Gasteiger charge is -2.19. The van der Waals surface area contributed by atoms with Gasteiger partial charge in [0, 0.05) is 5.75 Å². The molecular weight excluding hydrogens is 220 g/mol. The largest absolute Gasteiger partial charge is 0.368 e. The molecule has 1 atom stereocenters. The van der Waals surface area contributed by atoms with Crippen molar-refractivity contribution in [3.63, 3.8) is 0 Å². The summed E-state index contributed by atoms with van der Waals surface area (Å²) in [6.45, 7) is 1.68. The van der Waals surface area contributed by atoms with Gasteiger partial charge in [-0.3, -0.25) is 4.79 Å². The van der Waals surface area contributed by atoms with Gasteiger partial charge in [-0.2, -0.15) is 11.8 Å². The Balaban J connectivity index is 2.25. The minimum Gasteiger partial charge on any atom is -0.368 e. The summed E-state index contributed by atoms with van der Waals surface area (Å²) in [5.41, 5.74) is 11.3. The second-order valence-corrected chi connectivity index (χ2v) is 5.18. The fraction of sp³-hybridized carbons (Fsp3) is 0.417. The molecule has 1 unspecified atom stereocenters. The summed E-state index contributed by atoms with van der Waals surface area (Å²) >= 11 is 1.76. The Kier molecular flexibility index (Phi) is 4.83.